The van der Waals surface area contributed by atoms with Crippen molar-refractivity contribution in [1.29, 1.82) is 0 Å². The van der Waals surface area contributed by atoms with Gasteiger partial charge in [-0.25, -0.2) is 9.97 Å². The highest BCUT2D eigenvalue weighted by Gasteiger charge is 2.35. The highest BCUT2D eigenvalue weighted by molar-refractivity contribution is 7.18. The second-order valence-electron chi connectivity index (χ2n) is 6.06. The molecule has 2 aromatic heterocycles. The van der Waals surface area contributed by atoms with E-state index in [4.69, 9.17) is 11.6 Å². The maximum atomic E-state index is 6.09. The van der Waals surface area contributed by atoms with Crippen molar-refractivity contribution in [2.75, 3.05) is 18.4 Å². The van der Waals surface area contributed by atoms with Gasteiger partial charge in [-0.05, 0) is 50.4 Å². The molecule has 0 saturated carbocycles. The number of fused-ring (bicyclic) bond motifs is 2. The number of piperidine rings is 1. The molecule has 0 amide bonds. The van der Waals surface area contributed by atoms with Crippen LogP contribution in [0.25, 0.3) is 10.2 Å². The molecule has 4 rings (SSSR count). The third kappa shape index (κ3) is 2.51. The monoisotopic (exact) mass is 322 g/mol. The fraction of sp³-hybridized carbons (Fsp3) is 0.600. The van der Waals surface area contributed by atoms with E-state index in [0.29, 0.717) is 17.4 Å². The number of nitrogens with one attached hydrogen (secondary N) is 1. The quantitative estimate of drug-likeness (QED) is 0.856. The third-order valence-corrected chi connectivity index (χ3v) is 5.78. The molecule has 0 aliphatic carbocycles. The Morgan fingerprint density at radius 3 is 3.10 bits per heavy atom. The van der Waals surface area contributed by atoms with Crippen LogP contribution in [-0.2, 0) is 0 Å². The number of anilines is 1. The standard InChI is InChI=1S/C15H19ClN4S/c1-9-8-10-13(18-15(16)19-14(10)21-9)17-11-5-7-20-6-3-2-4-12(11)20/h8,11-12H,2-7H2,1H3,(H,17,18,19). The summed E-state index contributed by atoms with van der Waals surface area (Å²) in [7, 11) is 0. The molecular formula is C15H19ClN4S. The molecule has 0 spiro atoms. The van der Waals surface area contributed by atoms with Gasteiger partial charge in [0, 0.05) is 23.5 Å². The van der Waals surface area contributed by atoms with Crippen LogP contribution in [0.15, 0.2) is 6.07 Å². The Labute approximate surface area is 133 Å². The Morgan fingerprint density at radius 1 is 1.29 bits per heavy atom. The zero-order valence-electron chi connectivity index (χ0n) is 12.1. The van der Waals surface area contributed by atoms with Crippen LogP contribution in [0.1, 0.15) is 30.6 Å². The van der Waals surface area contributed by atoms with E-state index in [-0.39, 0.29) is 0 Å². The van der Waals surface area contributed by atoms with E-state index in [9.17, 15) is 0 Å². The van der Waals surface area contributed by atoms with Gasteiger partial charge in [-0.1, -0.05) is 6.42 Å². The summed E-state index contributed by atoms with van der Waals surface area (Å²) in [5, 5.41) is 5.11. The predicted molar refractivity (Wildman–Crippen MR) is 88.4 cm³/mol. The summed E-state index contributed by atoms with van der Waals surface area (Å²) < 4.78 is 0. The molecule has 4 nitrogen and oxygen atoms in total. The van der Waals surface area contributed by atoms with E-state index in [1.807, 2.05) is 0 Å². The van der Waals surface area contributed by atoms with E-state index in [1.165, 1.54) is 43.6 Å². The van der Waals surface area contributed by atoms with Crippen molar-refractivity contribution in [2.24, 2.45) is 0 Å². The Kier molecular flexibility index (Phi) is 3.52. The van der Waals surface area contributed by atoms with Crippen LogP contribution >= 0.6 is 22.9 Å². The fourth-order valence-electron chi connectivity index (χ4n) is 3.72. The Balaban J connectivity index is 1.65. The summed E-state index contributed by atoms with van der Waals surface area (Å²) >= 11 is 7.77. The number of aryl methyl sites for hydroxylation is 1. The van der Waals surface area contributed by atoms with Crippen molar-refractivity contribution in [3.05, 3.63) is 16.2 Å². The molecule has 2 aromatic rings. The Bertz CT molecular complexity index is 671. The maximum Gasteiger partial charge on any atom is 0.225 e. The molecule has 0 radical (unpaired) electrons. The molecular weight excluding hydrogens is 304 g/mol. The largest absolute Gasteiger partial charge is 0.365 e. The summed E-state index contributed by atoms with van der Waals surface area (Å²) in [5.41, 5.74) is 0. The minimum absolute atomic E-state index is 0.338. The SMILES string of the molecule is Cc1cc2c(NC3CCN4CCCCC34)nc(Cl)nc2s1. The fourth-order valence-corrected chi connectivity index (χ4v) is 4.82. The summed E-state index contributed by atoms with van der Waals surface area (Å²) in [5.74, 6) is 0.909. The number of hydrogen-bond acceptors (Lipinski definition) is 5. The molecule has 1 N–H and O–H groups in total. The summed E-state index contributed by atoms with van der Waals surface area (Å²) in [6.45, 7) is 4.55. The average Bonchev–Trinajstić information content (AvgIpc) is 3.02. The van der Waals surface area contributed by atoms with Gasteiger partial charge in [0.15, 0.2) is 0 Å². The topological polar surface area (TPSA) is 41.0 Å². The average molecular weight is 323 g/mol. The van der Waals surface area contributed by atoms with Gasteiger partial charge in [0.25, 0.3) is 0 Å². The van der Waals surface area contributed by atoms with Crippen molar-refractivity contribution in [3.8, 4) is 0 Å². The lowest BCUT2D eigenvalue weighted by Gasteiger charge is -2.32. The van der Waals surface area contributed by atoms with E-state index in [2.05, 4.69) is 33.2 Å². The van der Waals surface area contributed by atoms with Gasteiger partial charge in [0.2, 0.25) is 5.28 Å². The Hall–Kier alpha value is -0.910. The molecule has 2 aliphatic rings. The number of hydrogen-bond donors (Lipinski definition) is 1. The number of rotatable bonds is 2. The van der Waals surface area contributed by atoms with Crippen LogP contribution < -0.4 is 5.32 Å². The van der Waals surface area contributed by atoms with Crippen molar-refractivity contribution in [2.45, 2.75) is 44.7 Å². The highest BCUT2D eigenvalue weighted by Crippen LogP contribution is 2.33. The van der Waals surface area contributed by atoms with Gasteiger partial charge >= 0.3 is 0 Å². The molecule has 0 bridgehead atoms. The van der Waals surface area contributed by atoms with Gasteiger partial charge in [-0.2, -0.15) is 0 Å². The summed E-state index contributed by atoms with van der Waals surface area (Å²) in [6.07, 6.45) is 5.17. The van der Waals surface area contributed by atoms with E-state index >= 15 is 0 Å². The normalized spacial score (nSPS) is 26.2. The van der Waals surface area contributed by atoms with Crippen LogP contribution in [0.3, 0.4) is 0 Å². The molecule has 6 heteroatoms. The highest BCUT2D eigenvalue weighted by atomic mass is 35.5. The first-order chi connectivity index (χ1) is 10.2. The van der Waals surface area contributed by atoms with Gasteiger partial charge < -0.3 is 5.32 Å². The lowest BCUT2D eigenvalue weighted by atomic mass is 9.99. The Morgan fingerprint density at radius 2 is 2.19 bits per heavy atom. The molecule has 21 heavy (non-hydrogen) atoms. The van der Waals surface area contributed by atoms with Gasteiger partial charge in [0.05, 0.1) is 5.39 Å². The second kappa shape index (κ2) is 5.38. The minimum atomic E-state index is 0.338. The first-order valence-corrected chi connectivity index (χ1v) is 8.84. The zero-order valence-corrected chi connectivity index (χ0v) is 13.7. The van der Waals surface area contributed by atoms with Crippen molar-refractivity contribution < 1.29 is 0 Å². The lowest BCUT2D eigenvalue weighted by molar-refractivity contribution is 0.192. The summed E-state index contributed by atoms with van der Waals surface area (Å²) in [6, 6.07) is 3.30. The molecule has 2 aliphatic heterocycles. The predicted octanol–water partition coefficient (Wildman–Crippen LogP) is 3.69. The molecule has 2 unspecified atom stereocenters. The molecule has 0 aromatic carbocycles. The van der Waals surface area contributed by atoms with E-state index < -0.39 is 0 Å². The second-order valence-corrected chi connectivity index (χ2v) is 7.63. The van der Waals surface area contributed by atoms with Gasteiger partial charge in [-0.15, -0.1) is 11.3 Å². The number of thiophene rings is 1. The van der Waals surface area contributed by atoms with Crippen LogP contribution in [0.4, 0.5) is 5.82 Å². The number of halogens is 1. The minimum Gasteiger partial charge on any atom is -0.365 e. The smallest absolute Gasteiger partial charge is 0.225 e. The first kappa shape index (κ1) is 13.7. The molecule has 2 saturated heterocycles. The van der Waals surface area contributed by atoms with Crippen LogP contribution in [0, 0.1) is 6.92 Å². The third-order valence-electron chi connectivity index (χ3n) is 4.67. The molecule has 4 heterocycles. The molecule has 2 atom stereocenters. The van der Waals surface area contributed by atoms with Crippen molar-refractivity contribution >= 4 is 39.0 Å². The zero-order chi connectivity index (χ0) is 14.4. The number of nitrogens with zero attached hydrogens (tertiary/aromatic N) is 3. The van der Waals surface area contributed by atoms with Crippen LogP contribution in [0.2, 0.25) is 5.28 Å². The number of aromatic nitrogens is 2. The van der Waals surface area contributed by atoms with Gasteiger partial charge in [-0.3, -0.25) is 4.90 Å². The van der Waals surface area contributed by atoms with Crippen molar-refractivity contribution in [1.82, 2.24) is 14.9 Å². The van der Waals surface area contributed by atoms with E-state index in [1.54, 1.807) is 11.3 Å². The van der Waals surface area contributed by atoms with Crippen LogP contribution in [-0.4, -0.2) is 40.0 Å². The van der Waals surface area contributed by atoms with Crippen molar-refractivity contribution in [3.63, 3.8) is 0 Å². The summed E-state index contributed by atoms with van der Waals surface area (Å²) in [4.78, 5) is 13.6. The van der Waals surface area contributed by atoms with Gasteiger partial charge in [0.1, 0.15) is 10.6 Å². The lowest BCUT2D eigenvalue weighted by Crippen LogP contribution is -2.41. The molecule has 112 valence electrons. The first-order valence-electron chi connectivity index (χ1n) is 7.65. The maximum absolute atomic E-state index is 6.09. The van der Waals surface area contributed by atoms with E-state index in [0.717, 1.165) is 16.0 Å². The molecule has 2 fully saturated rings. The van der Waals surface area contributed by atoms with Crippen LogP contribution in [0.5, 0.6) is 0 Å².